The van der Waals surface area contributed by atoms with E-state index in [1.54, 1.807) is 0 Å². The van der Waals surface area contributed by atoms with E-state index in [9.17, 15) is 0 Å². The third-order valence-electron chi connectivity index (χ3n) is 19.9. The fourth-order valence-electron chi connectivity index (χ4n) is 16.2. The lowest BCUT2D eigenvalue weighted by Crippen LogP contribution is -2.27. The first-order valence-corrected chi connectivity index (χ1v) is 31.6. The molecule has 1 atom stereocenters. The second-order valence-corrected chi connectivity index (χ2v) is 24.5. The van der Waals surface area contributed by atoms with E-state index in [4.69, 9.17) is 0 Å². The Balaban J connectivity index is 0.728. The Kier molecular flexibility index (Phi) is 11.9. The van der Waals surface area contributed by atoms with Crippen molar-refractivity contribution in [1.82, 2.24) is 0 Å². The summed E-state index contributed by atoms with van der Waals surface area (Å²) >= 11 is 0. The number of anilines is 6. The van der Waals surface area contributed by atoms with E-state index in [1.165, 1.54) is 122 Å². The Morgan fingerprint density at radius 1 is 0.256 bits per heavy atom. The van der Waals surface area contributed by atoms with Gasteiger partial charge in [-0.25, -0.2) is 0 Å². The van der Waals surface area contributed by atoms with Crippen LogP contribution in [-0.2, 0) is 10.8 Å². The van der Waals surface area contributed by atoms with Crippen molar-refractivity contribution < 1.29 is 0 Å². The first kappa shape index (κ1) is 51.9. The molecule has 0 heterocycles. The molecule has 90 heavy (non-hydrogen) atoms. The van der Waals surface area contributed by atoms with Gasteiger partial charge in [-0.1, -0.05) is 243 Å². The van der Waals surface area contributed by atoms with E-state index >= 15 is 0 Å². The van der Waals surface area contributed by atoms with E-state index in [-0.39, 0.29) is 0 Å². The summed E-state index contributed by atoms with van der Waals surface area (Å²) in [5.74, 6) is 0. The summed E-state index contributed by atoms with van der Waals surface area (Å²) in [6.45, 7) is 0. The van der Waals surface area contributed by atoms with E-state index in [1.807, 2.05) is 0 Å². The number of benzene rings is 13. The van der Waals surface area contributed by atoms with Crippen LogP contribution in [-0.4, -0.2) is 0 Å². The molecule has 13 aromatic carbocycles. The average molecular weight is 1150 g/mol. The maximum Gasteiger partial charge on any atom is 0.0725 e. The highest BCUT2D eigenvalue weighted by atomic mass is 15.1. The van der Waals surface area contributed by atoms with Gasteiger partial charge in [0.1, 0.15) is 0 Å². The van der Waals surface area contributed by atoms with Gasteiger partial charge >= 0.3 is 0 Å². The summed E-state index contributed by atoms with van der Waals surface area (Å²) in [7, 11) is 0. The molecule has 18 rings (SSSR count). The van der Waals surface area contributed by atoms with Gasteiger partial charge in [-0.05, 0) is 232 Å². The minimum atomic E-state index is -0.513. The summed E-state index contributed by atoms with van der Waals surface area (Å²) in [5.41, 5.74) is 34.4. The number of para-hydroxylation sites is 4. The van der Waals surface area contributed by atoms with Crippen LogP contribution in [0.5, 0.6) is 0 Å². The Morgan fingerprint density at radius 2 is 0.578 bits per heavy atom. The molecule has 0 fully saturated rings. The van der Waals surface area contributed by atoms with Gasteiger partial charge < -0.3 is 9.80 Å². The van der Waals surface area contributed by atoms with E-state index < -0.39 is 10.8 Å². The summed E-state index contributed by atoms with van der Waals surface area (Å²) in [5, 5.41) is 0. The molecule has 0 saturated heterocycles. The maximum atomic E-state index is 2.52. The molecule has 0 radical (unpaired) electrons. The van der Waals surface area contributed by atoms with Crippen LogP contribution in [0.2, 0.25) is 0 Å². The lowest BCUT2D eigenvalue weighted by Gasteiger charge is -2.32. The smallest absolute Gasteiger partial charge is 0.0725 e. The van der Waals surface area contributed by atoms with Gasteiger partial charge in [0.05, 0.1) is 10.8 Å². The van der Waals surface area contributed by atoms with Crippen LogP contribution in [0.25, 0.3) is 73.4 Å². The number of hydrogen-bond acceptors (Lipinski definition) is 2. The minimum Gasteiger partial charge on any atom is -0.311 e. The van der Waals surface area contributed by atoms with E-state index in [0.29, 0.717) is 0 Å². The highest BCUT2D eigenvalue weighted by Crippen LogP contribution is 2.65. The lowest BCUT2D eigenvalue weighted by molar-refractivity contribution is 0.780. The van der Waals surface area contributed by atoms with Crippen molar-refractivity contribution in [2.45, 2.75) is 23.7 Å². The fraction of sp³-hybridized carbons (Fsp3) is 0.0455. The largest absolute Gasteiger partial charge is 0.311 e. The highest BCUT2D eigenvalue weighted by molar-refractivity contribution is 6.00. The number of nitrogens with zero attached hydrogens (tertiary/aromatic N) is 2. The van der Waals surface area contributed by atoms with Crippen molar-refractivity contribution in [3.63, 3.8) is 0 Å². The van der Waals surface area contributed by atoms with Crippen molar-refractivity contribution in [2.24, 2.45) is 0 Å². The Labute approximate surface area is 526 Å². The third kappa shape index (κ3) is 7.77. The van der Waals surface area contributed by atoms with Crippen molar-refractivity contribution in [3.05, 3.63) is 389 Å². The average Bonchev–Trinajstić information content (AvgIpc) is 1.54. The second-order valence-electron chi connectivity index (χ2n) is 24.5. The number of allylic oxidation sites excluding steroid dienone is 4. The number of hydrogen-bond donors (Lipinski definition) is 0. The molecule has 0 amide bonds. The summed E-state index contributed by atoms with van der Waals surface area (Å²) in [6, 6.07) is 117. The van der Waals surface area contributed by atoms with Gasteiger partial charge in [-0.2, -0.15) is 0 Å². The van der Waals surface area contributed by atoms with Gasteiger partial charge in [-0.3, -0.25) is 0 Å². The zero-order chi connectivity index (χ0) is 59.3. The predicted octanol–water partition coefficient (Wildman–Crippen LogP) is 22.9. The van der Waals surface area contributed by atoms with Gasteiger partial charge in [0.25, 0.3) is 0 Å². The van der Waals surface area contributed by atoms with Crippen LogP contribution in [0.4, 0.5) is 34.1 Å². The summed E-state index contributed by atoms with van der Waals surface area (Å²) in [6.07, 6.45) is 11.7. The monoisotopic (exact) mass is 1140 g/mol. The lowest BCUT2D eigenvalue weighted by atomic mass is 9.68. The molecule has 0 bridgehead atoms. The van der Waals surface area contributed by atoms with E-state index in [2.05, 4.69) is 350 Å². The molecule has 2 heteroatoms. The normalized spacial score (nSPS) is 15.5. The second kappa shape index (κ2) is 20.7. The fourth-order valence-corrected chi connectivity index (χ4v) is 16.2. The van der Waals surface area contributed by atoms with Gasteiger partial charge in [0.2, 0.25) is 0 Å². The number of rotatable bonds is 10. The molecule has 5 aliphatic rings. The molecule has 13 aromatic rings. The van der Waals surface area contributed by atoms with Crippen molar-refractivity contribution >= 4 is 51.8 Å². The summed E-state index contributed by atoms with van der Waals surface area (Å²) < 4.78 is 0. The first-order valence-electron chi connectivity index (χ1n) is 31.6. The van der Waals surface area contributed by atoms with Gasteiger partial charge in [-0.15, -0.1) is 0 Å². The molecule has 5 aliphatic carbocycles. The Morgan fingerprint density at radius 3 is 1.02 bits per heavy atom. The molecule has 2 spiro atoms. The predicted molar refractivity (Wildman–Crippen MR) is 375 cm³/mol. The van der Waals surface area contributed by atoms with Gasteiger partial charge in [0, 0.05) is 34.1 Å². The van der Waals surface area contributed by atoms with Crippen LogP contribution in [0.15, 0.2) is 333 Å². The maximum absolute atomic E-state index is 2.52. The van der Waals surface area contributed by atoms with E-state index in [0.717, 1.165) is 47.0 Å². The molecule has 0 N–H and O–H groups in total. The van der Waals surface area contributed by atoms with Crippen LogP contribution in [0, 0.1) is 0 Å². The molecule has 0 saturated carbocycles. The molecule has 1 unspecified atom stereocenters. The zero-order valence-corrected chi connectivity index (χ0v) is 49.6. The number of fused-ring (bicyclic) bond motifs is 19. The van der Waals surface area contributed by atoms with Crippen LogP contribution >= 0.6 is 0 Å². The standard InChI is InChI=1S/C88H60N2/c1-5-21-65(22-6-1)89(66-23-7-2-8-24-66)69-47-41-61(42-48-69)63-45-53-77-75-51-39-59(55-83(75)87(85(77)57-63)79-33-17-13-29-71(79)72-30-14-18-34-80(72)87)37-38-60-40-52-76-78-54-46-64(62-43-49-70(50-44-62)90(67-25-9-3-10-26-67)68-27-11-4-12-28-68)58-86(78)88(84(76)56-60)81-35-19-15-31-73(81)74-32-16-20-36-82(74)88/h1-15,17-31,33-58H,16,32H2/b38-37+. The zero-order valence-electron chi connectivity index (χ0n) is 49.6. The SMILES string of the molecule is C1=CC2=C(CC1)c1ccccc1C21c2cc(/C=C/c3ccc4c(c3)C3(c5ccccc5-c5ccccc53)c3cc(-c5ccc(N(c6ccccc6)c6ccccc6)cc5)ccc3-4)ccc2-c2ccc(-c3ccc(N(c4ccccc4)c4ccccc4)cc3)cc21. The van der Waals surface area contributed by atoms with Crippen LogP contribution < -0.4 is 9.80 Å². The molecular weight excluding hydrogens is 1080 g/mol. The molecular formula is C88H60N2. The molecule has 0 aromatic heterocycles. The molecule has 2 nitrogen and oxygen atoms in total. The van der Waals surface area contributed by atoms with Crippen LogP contribution in [0.3, 0.4) is 0 Å². The topological polar surface area (TPSA) is 6.48 Å². The molecule has 0 aliphatic heterocycles. The Bertz CT molecular complexity index is 4970. The first-order chi connectivity index (χ1) is 44.6. The van der Waals surface area contributed by atoms with Gasteiger partial charge in [0.15, 0.2) is 0 Å². The van der Waals surface area contributed by atoms with Crippen molar-refractivity contribution in [1.29, 1.82) is 0 Å². The third-order valence-corrected chi connectivity index (χ3v) is 19.9. The molecule has 422 valence electrons. The highest BCUT2D eigenvalue weighted by Gasteiger charge is 2.54. The Hall–Kier alpha value is -11.3. The van der Waals surface area contributed by atoms with Crippen LogP contribution in [0.1, 0.15) is 68.5 Å². The minimum absolute atomic E-state index is 0.467. The summed E-state index contributed by atoms with van der Waals surface area (Å²) in [4.78, 5) is 4.66. The quantitative estimate of drug-likeness (QED) is 0.126. The van der Waals surface area contributed by atoms with Crippen molar-refractivity contribution in [2.75, 3.05) is 9.80 Å². The van der Waals surface area contributed by atoms with Crippen molar-refractivity contribution in [3.8, 4) is 55.6 Å².